The summed E-state index contributed by atoms with van der Waals surface area (Å²) in [5, 5.41) is 0. The zero-order valence-electron chi connectivity index (χ0n) is 9.00. The van der Waals surface area contributed by atoms with Gasteiger partial charge in [0.15, 0.2) is 0 Å². The third-order valence-electron chi connectivity index (χ3n) is 2.85. The number of nitrogens with one attached hydrogen (secondary N) is 1. The number of H-pyrrole nitrogens is 1. The van der Waals surface area contributed by atoms with E-state index in [9.17, 15) is 4.79 Å². The van der Waals surface area contributed by atoms with E-state index in [0.29, 0.717) is 0 Å². The maximum absolute atomic E-state index is 11.3. The van der Waals surface area contributed by atoms with Gasteiger partial charge in [-0.2, -0.15) is 0 Å². The van der Waals surface area contributed by atoms with Crippen LogP contribution in [0.4, 0.5) is 0 Å². The molecule has 2 heterocycles. The molecular formula is C10H17N3O. The van der Waals surface area contributed by atoms with Crippen LogP contribution >= 0.6 is 0 Å². The van der Waals surface area contributed by atoms with Crippen molar-refractivity contribution in [1.82, 2.24) is 14.5 Å². The van der Waals surface area contributed by atoms with Gasteiger partial charge in [-0.3, -0.25) is 9.47 Å². The second kappa shape index (κ2) is 2.98. The molecule has 0 saturated carbocycles. The van der Waals surface area contributed by atoms with Crippen LogP contribution in [0.2, 0.25) is 0 Å². The molecular weight excluding hydrogens is 178 g/mol. The third kappa shape index (κ3) is 1.50. The summed E-state index contributed by atoms with van der Waals surface area (Å²) in [6, 6.07) is 0. The summed E-state index contributed by atoms with van der Waals surface area (Å²) in [5.41, 5.74) is 1.29. The quantitative estimate of drug-likeness (QED) is 0.665. The lowest BCUT2D eigenvalue weighted by Gasteiger charge is -2.38. The van der Waals surface area contributed by atoms with Gasteiger partial charge in [0, 0.05) is 31.4 Å². The first-order chi connectivity index (χ1) is 6.48. The fourth-order valence-electron chi connectivity index (χ4n) is 1.88. The summed E-state index contributed by atoms with van der Waals surface area (Å²) in [5.74, 6) is 0. The van der Waals surface area contributed by atoms with Gasteiger partial charge >= 0.3 is 5.69 Å². The van der Waals surface area contributed by atoms with Crippen LogP contribution < -0.4 is 5.69 Å². The number of rotatable bonds is 0. The van der Waals surface area contributed by atoms with Crippen molar-refractivity contribution in [3.05, 3.63) is 22.4 Å². The molecule has 4 heteroatoms. The van der Waals surface area contributed by atoms with E-state index in [2.05, 4.69) is 30.7 Å². The molecule has 1 N–H and O–H groups in total. The first-order valence-electron chi connectivity index (χ1n) is 5.00. The number of hydrogen-bond donors (Lipinski definition) is 1. The van der Waals surface area contributed by atoms with Gasteiger partial charge in [0.05, 0.1) is 5.69 Å². The zero-order valence-corrected chi connectivity index (χ0v) is 9.00. The molecule has 1 aromatic heterocycles. The largest absolute Gasteiger partial charge is 0.325 e. The molecule has 0 atom stereocenters. The van der Waals surface area contributed by atoms with Gasteiger partial charge in [0.2, 0.25) is 0 Å². The lowest BCUT2D eigenvalue weighted by molar-refractivity contribution is 0.102. The van der Waals surface area contributed by atoms with Gasteiger partial charge < -0.3 is 4.98 Å². The highest BCUT2D eigenvalue weighted by atomic mass is 16.1. The lowest BCUT2D eigenvalue weighted by Crippen LogP contribution is -2.46. The Kier molecular flexibility index (Phi) is 2.03. The smallest absolute Gasteiger partial charge is 0.312 e. The summed E-state index contributed by atoms with van der Waals surface area (Å²) in [7, 11) is 0. The minimum atomic E-state index is 0.0218. The molecule has 0 saturated heterocycles. The number of fused-ring (bicyclic) bond motifs is 1. The molecule has 78 valence electrons. The molecule has 0 aromatic carbocycles. The molecule has 1 aliphatic rings. The van der Waals surface area contributed by atoms with E-state index in [1.165, 1.54) is 0 Å². The van der Waals surface area contributed by atoms with Crippen molar-refractivity contribution in [3.63, 3.8) is 0 Å². The Hall–Kier alpha value is -1.03. The summed E-state index contributed by atoms with van der Waals surface area (Å²) in [6.07, 6.45) is 1.82. The first-order valence-corrected chi connectivity index (χ1v) is 5.00. The molecule has 4 nitrogen and oxygen atoms in total. The predicted octanol–water partition coefficient (Wildman–Crippen LogP) is 0.790. The zero-order chi connectivity index (χ0) is 10.3. The Morgan fingerprint density at radius 3 is 2.71 bits per heavy atom. The molecule has 0 amide bonds. The third-order valence-corrected chi connectivity index (χ3v) is 2.85. The number of imidazole rings is 1. The van der Waals surface area contributed by atoms with Crippen LogP contribution in [0.5, 0.6) is 0 Å². The fourth-order valence-corrected chi connectivity index (χ4v) is 1.88. The van der Waals surface area contributed by atoms with Gasteiger partial charge in [-0.1, -0.05) is 0 Å². The average molecular weight is 195 g/mol. The summed E-state index contributed by atoms with van der Waals surface area (Å²) in [6.45, 7) is 9.22. The Labute approximate surface area is 83.5 Å². The van der Waals surface area contributed by atoms with Crippen LogP contribution in [-0.2, 0) is 13.1 Å². The first kappa shape index (κ1) is 9.52. The molecule has 0 unspecified atom stereocenters. The highest BCUT2D eigenvalue weighted by Crippen LogP contribution is 2.19. The minimum Gasteiger partial charge on any atom is -0.312 e. The van der Waals surface area contributed by atoms with E-state index in [-0.39, 0.29) is 11.2 Å². The number of nitrogens with zero attached hydrogens (tertiary/aromatic N) is 2. The summed E-state index contributed by atoms with van der Waals surface area (Å²) >= 11 is 0. The van der Waals surface area contributed by atoms with Crippen molar-refractivity contribution >= 4 is 0 Å². The highest BCUT2D eigenvalue weighted by Gasteiger charge is 2.26. The van der Waals surface area contributed by atoms with Gasteiger partial charge in [0.1, 0.15) is 0 Å². The van der Waals surface area contributed by atoms with Gasteiger partial charge in [-0.15, -0.1) is 0 Å². The average Bonchev–Trinajstić information content (AvgIpc) is 2.46. The lowest BCUT2D eigenvalue weighted by atomic mass is 10.0. The molecule has 0 aliphatic carbocycles. The normalized spacial score (nSPS) is 18.2. The maximum Gasteiger partial charge on any atom is 0.325 e. The molecule has 14 heavy (non-hydrogen) atoms. The second-order valence-corrected chi connectivity index (χ2v) is 4.83. The molecule has 2 rings (SSSR count). The number of aromatic amines is 1. The Morgan fingerprint density at radius 1 is 1.36 bits per heavy atom. The van der Waals surface area contributed by atoms with Crippen LogP contribution in [0.1, 0.15) is 26.5 Å². The van der Waals surface area contributed by atoms with E-state index >= 15 is 0 Å². The minimum absolute atomic E-state index is 0.0218. The van der Waals surface area contributed by atoms with E-state index in [1.54, 1.807) is 0 Å². The van der Waals surface area contributed by atoms with Gasteiger partial charge in [-0.05, 0) is 20.8 Å². The molecule has 1 aliphatic heterocycles. The van der Waals surface area contributed by atoms with Crippen LogP contribution in [0.25, 0.3) is 0 Å². The Morgan fingerprint density at radius 2 is 2.07 bits per heavy atom. The van der Waals surface area contributed by atoms with Crippen molar-refractivity contribution < 1.29 is 0 Å². The monoisotopic (exact) mass is 195 g/mol. The van der Waals surface area contributed by atoms with Crippen molar-refractivity contribution in [3.8, 4) is 0 Å². The van der Waals surface area contributed by atoms with Crippen LogP contribution in [-0.4, -0.2) is 26.5 Å². The van der Waals surface area contributed by atoms with Crippen molar-refractivity contribution in [2.24, 2.45) is 0 Å². The fraction of sp³-hybridized carbons (Fsp3) is 0.700. The van der Waals surface area contributed by atoms with Crippen LogP contribution in [0.15, 0.2) is 11.0 Å². The Bertz CT molecular complexity index is 383. The topological polar surface area (TPSA) is 41.0 Å². The molecule has 1 aromatic rings. The SMILES string of the molecule is CC(C)(C)N1CCn2c(c[nH]c2=O)C1. The molecule has 0 fully saturated rings. The predicted molar refractivity (Wildman–Crippen MR) is 55.2 cm³/mol. The van der Waals surface area contributed by atoms with Crippen molar-refractivity contribution in [2.75, 3.05) is 6.54 Å². The van der Waals surface area contributed by atoms with E-state index in [4.69, 9.17) is 0 Å². The van der Waals surface area contributed by atoms with E-state index in [1.807, 2.05) is 10.8 Å². The van der Waals surface area contributed by atoms with Crippen molar-refractivity contribution in [2.45, 2.75) is 39.4 Å². The maximum atomic E-state index is 11.3. The molecule has 0 spiro atoms. The van der Waals surface area contributed by atoms with Crippen LogP contribution in [0.3, 0.4) is 0 Å². The van der Waals surface area contributed by atoms with Crippen LogP contribution in [0, 0.1) is 0 Å². The number of hydrogen-bond acceptors (Lipinski definition) is 2. The summed E-state index contributed by atoms with van der Waals surface area (Å²) < 4.78 is 1.82. The van der Waals surface area contributed by atoms with Gasteiger partial charge in [-0.25, -0.2) is 4.79 Å². The van der Waals surface area contributed by atoms with Gasteiger partial charge in [0.25, 0.3) is 0 Å². The molecule has 0 radical (unpaired) electrons. The van der Waals surface area contributed by atoms with E-state index < -0.39 is 0 Å². The highest BCUT2D eigenvalue weighted by molar-refractivity contribution is 5.02. The van der Waals surface area contributed by atoms with Crippen molar-refractivity contribution in [1.29, 1.82) is 0 Å². The molecule has 0 bridgehead atoms. The standard InChI is InChI=1S/C10H17N3O/c1-10(2,3)12-4-5-13-8(7-12)6-11-9(13)14/h6H,4-5,7H2,1-3H3,(H,11,14). The second-order valence-electron chi connectivity index (χ2n) is 4.83. The Balaban J connectivity index is 2.26. The number of aromatic nitrogens is 2. The van der Waals surface area contributed by atoms with E-state index in [0.717, 1.165) is 25.3 Å². The summed E-state index contributed by atoms with van der Waals surface area (Å²) in [4.78, 5) is 16.4.